The summed E-state index contributed by atoms with van der Waals surface area (Å²) in [6.45, 7) is 0. The lowest BCUT2D eigenvalue weighted by atomic mass is 10.4. The summed E-state index contributed by atoms with van der Waals surface area (Å²) in [6, 6.07) is 0. The minimum absolute atomic E-state index is 2.07. The van der Waals surface area contributed by atoms with Gasteiger partial charge in [0.1, 0.15) is 0 Å². The SMILES string of the molecule is O=C(O)C(C(=O)O)[S+]([O-])C(C(=O)O)C(=O)O. The molecule has 0 saturated heterocycles. The Labute approximate surface area is 90.5 Å². The molecule has 0 unspecified atom stereocenters. The van der Waals surface area contributed by atoms with Crippen LogP contribution in [0.25, 0.3) is 0 Å². The van der Waals surface area contributed by atoms with Crippen LogP contribution >= 0.6 is 0 Å². The molecule has 9 nitrogen and oxygen atoms in total. The van der Waals surface area contributed by atoms with Gasteiger partial charge in [-0.2, -0.15) is 0 Å². The molecule has 0 aromatic rings. The monoisotopic (exact) mass is 254 g/mol. The maximum Gasteiger partial charge on any atom is 0.369 e. The van der Waals surface area contributed by atoms with Crippen LogP contribution in [0.15, 0.2) is 0 Å². The molecule has 0 aromatic carbocycles. The maximum atomic E-state index is 11.2. The largest absolute Gasteiger partial charge is 0.614 e. The number of carbonyl (C=O) groups is 4. The van der Waals surface area contributed by atoms with Crippen molar-refractivity contribution in [1.29, 1.82) is 0 Å². The fourth-order valence-electron chi connectivity index (χ4n) is 0.745. The van der Waals surface area contributed by atoms with Gasteiger partial charge in [-0.1, -0.05) is 0 Å². The molecule has 10 heteroatoms. The van der Waals surface area contributed by atoms with Crippen molar-refractivity contribution >= 4 is 35.1 Å². The van der Waals surface area contributed by atoms with Crippen LogP contribution in [0.2, 0.25) is 0 Å². The van der Waals surface area contributed by atoms with E-state index in [0.717, 1.165) is 0 Å². The highest BCUT2D eigenvalue weighted by Crippen LogP contribution is 2.12. The summed E-state index contributed by atoms with van der Waals surface area (Å²) in [5.74, 6) is -8.28. The van der Waals surface area contributed by atoms with Gasteiger partial charge in [0.2, 0.25) is 0 Å². The van der Waals surface area contributed by atoms with Crippen LogP contribution in [0.1, 0.15) is 0 Å². The summed E-state index contributed by atoms with van der Waals surface area (Å²) in [4.78, 5) is 41.5. The van der Waals surface area contributed by atoms with Crippen LogP contribution in [0.4, 0.5) is 0 Å². The molecule has 0 atom stereocenters. The van der Waals surface area contributed by atoms with Gasteiger partial charge in [-0.3, -0.25) is 0 Å². The van der Waals surface area contributed by atoms with Gasteiger partial charge in [0.15, 0.2) is 0 Å². The second-order valence-electron chi connectivity index (χ2n) is 2.44. The van der Waals surface area contributed by atoms with E-state index < -0.39 is 45.6 Å². The Bertz CT molecular complexity index is 277. The molecule has 0 saturated carbocycles. The smallest absolute Gasteiger partial charge is 0.369 e. The highest BCUT2D eigenvalue weighted by atomic mass is 32.2. The van der Waals surface area contributed by atoms with Crippen molar-refractivity contribution in [3.8, 4) is 0 Å². The Morgan fingerprint density at radius 2 is 0.938 bits per heavy atom. The summed E-state index contributed by atoms with van der Waals surface area (Å²) < 4.78 is 11.2. The summed E-state index contributed by atoms with van der Waals surface area (Å²) in [5.41, 5.74) is 0. The minimum atomic E-state index is -3.11. The normalized spacial score (nSPS) is 10.8. The first-order valence-electron chi connectivity index (χ1n) is 3.50. The fraction of sp³-hybridized carbons (Fsp3) is 0.333. The second kappa shape index (κ2) is 5.32. The van der Waals surface area contributed by atoms with Gasteiger partial charge in [-0.25, -0.2) is 19.2 Å². The summed E-state index contributed by atoms with van der Waals surface area (Å²) in [5, 5.41) is 28.3. The molecule has 0 aromatic heterocycles. The van der Waals surface area contributed by atoms with E-state index in [-0.39, 0.29) is 0 Å². The van der Waals surface area contributed by atoms with Crippen molar-refractivity contribution in [2.45, 2.75) is 10.5 Å². The summed E-state index contributed by atoms with van der Waals surface area (Å²) >= 11 is -3.11. The Hall–Kier alpha value is -1.81. The molecule has 0 aliphatic rings. The number of carboxylic acid groups (broad SMARTS) is 4. The van der Waals surface area contributed by atoms with E-state index in [0.29, 0.717) is 0 Å². The standard InChI is InChI=1S/C6H6O9S/c7-3(8)1(4(9)10)16(15)2(5(11)12)6(13)14/h1-2H,(H,7,8)(H,9,10)(H,11,12)(H,13,14). The molecular weight excluding hydrogens is 248 g/mol. The Balaban J connectivity index is 5.18. The molecule has 0 bridgehead atoms. The number of carboxylic acids is 4. The van der Waals surface area contributed by atoms with Gasteiger partial charge in [0, 0.05) is 0 Å². The van der Waals surface area contributed by atoms with Gasteiger partial charge in [0.05, 0.1) is 0 Å². The fourth-order valence-corrected chi connectivity index (χ4v) is 1.81. The molecule has 0 amide bonds. The average molecular weight is 254 g/mol. The highest BCUT2D eigenvalue weighted by Gasteiger charge is 2.49. The van der Waals surface area contributed by atoms with Crippen molar-refractivity contribution in [1.82, 2.24) is 0 Å². The zero-order valence-corrected chi connectivity index (χ0v) is 8.21. The van der Waals surface area contributed by atoms with E-state index in [2.05, 4.69) is 0 Å². The molecule has 0 radical (unpaired) electrons. The highest BCUT2D eigenvalue weighted by molar-refractivity contribution is 7.95. The molecule has 0 heterocycles. The van der Waals surface area contributed by atoms with Gasteiger partial charge >= 0.3 is 34.4 Å². The van der Waals surface area contributed by atoms with Gasteiger partial charge in [-0.15, -0.1) is 0 Å². The molecule has 0 fully saturated rings. The lowest BCUT2D eigenvalue weighted by molar-refractivity contribution is -0.146. The van der Waals surface area contributed by atoms with E-state index in [1.807, 2.05) is 0 Å². The van der Waals surface area contributed by atoms with E-state index in [1.54, 1.807) is 0 Å². The minimum Gasteiger partial charge on any atom is -0.614 e. The Kier molecular flexibility index (Phi) is 4.72. The van der Waals surface area contributed by atoms with Crippen LogP contribution in [-0.2, 0) is 30.4 Å². The quantitative estimate of drug-likeness (QED) is 0.303. The van der Waals surface area contributed by atoms with E-state index >= 15 is 0 Å². The van der Waals surface area contributed by atoms with Crippen molar-refractivity contribution in [2.75, 3.05) is 0 Å². The lowest BCUT2D eigenvalue weighted by Crippen LogP contribution is -2.49. The zero-order chi connectivity index (χ0) is 13.0. The third kappa shape index (κ3) is 3.10. The maximum absolute atomic E-state index is 11.2. The van der Waals surface area contributed by atoms with Crippen LogP contribution < -0.4 is 0 Å². The number of hydrogen-bond donors (Lipinski definition) is 4. The molecular formula is C6H6O9S. The average Bonchev–Trinajstić information content (AvgIpc) is 1.99. The topological polar surface area (TPSA) is 172 Å². The lowest BCUT2D eigenvalue weighted by Gasteiger charge is -2.17. The van der Waals surface area contributed by atoms with Crippen molar-refractivity contribution in [2.24, 2.45) is 0 Å². The molecule has 4 N–H and O–H groups in total. The number of rotatable bonds is 6. The van der Waals surface area contributed by atoms with Crippen LogP contribution in [0.3, 0.4) is 0 Å². The molecule has 90 valence electrons. The summed E-state index contributed by atoms with van der Waals surface area (Å²) in [6.07, 6.45) is 0. The van der Waals surface area contributed by atoms with Crippen LogP contribution in [0.5, 0.6) is 0 Å². The van der Waals surface area contributed by atoms with E-state index in [1.165, 1.54) is 0 Å². The molecule has 0 aliphatic heterocycles. The molecule has 0 rings (SSSR count). The van der Waals surface area contributed by atoms with E-state index in [9.17, 15) is 23.7 Å². The first-order chi connectivity index (χ1) is 7.20. The molecule has 0 spiro atoms. The number of aliphatic carboxylic acids is 4. The van der Waals surface area contributed by atoms with Gasteiger partial charge in [-0.05, 0) is 11.2 Å². The Morgan fingerprint density at radius 1 is 0.750 bits per heavy atom. The van der Waals surface area contributed by atoms with Crippen LogP contribution in [0, 0.1) is 0 Å². The van der Waals surface area contributed by atoms with Gasteiger partial charge in [0.25, 0.3) is 0 Å². The first kappa shape index (κ1) is 14.2. The zero-order valence-electron chi connectivity index (χ0n) is 7.39. The van der Waals surface area contributed by atoms with E-state index in [4.69, 9.17) is 20.4 Å². The summed E-state index contributed by atoms with van der Waals surface area (Å²) in [7, 11) is 0. The number of hydrogen-bond acceptors (Lipinski definition) is 5. The molecule has 0 aliphatic carbocycles. The third-order valence-corrected chi connectivity index (χ3v) is 3.10. The predicted molar refractivity (Wildman–Crippen MR) is 46.3 cm³/mol. The second-order valence-corrected chi connectivity index (χ2v) is 4.04. The first-order valence-corrected chi connectivity index (χ1v) is 4.78. The van der Waals surface area contributed by atoms with Crippen LogP contribution in [-0.4, -0.2) is 59.4 Å². The Morgan fingerprint density at radius 3 is 1.06 bits per heavy atom. The molecule has 16 heavy (non-hydrogen) atoms. The predicted octanol–water partition coefficient (Wildman–Crippen LogP) is -2.19. The third-order valence-electron chi connectivity index (χ3n) is 1.36. The van der Waals surface area contributed by atoms with Crippen molar-refractivity contribution in [3.05, 3.63) is 0 Å². The van der Waals surface area contributed by atoms with Crippen molar-refractivity contribution in [3.63, 3.8) is 0 Å². The van der Waals surface area contributed by atoms with Crippen molar-refractivity contribution < 1.29 is 44.2 Å². The van der Waals surface area contributed by atoms with Gasteiger partial charge < -0.3 is 25.0 Å².